The Morgan fingerprint density at radius 3 is 2.64 bits per heavy atom. The van der Waals surface area contributed by atoms with Gasteiger partial charge in [-0.2, -0.15) is 0 Å². The highest BCUT2D eigenvalue weighted by Gasteiger charge is 2.45. The number of carbonyl (C=O) groups is 1. The largest absolute Gasteiger partial charge is 0.367 e. The second kappa shape index (κ2) is 3.99. The van der Waals surface area contributed by atoms with E-state index in [1.54, 1.807) is 0 Å². The summed E-state index contributed by atoms with van der Waals surface area (Å²) in [6, 6.07) is 0. The Kier molecular flexibility index (Phi) is 2.88. The molecule has 1 spiro atoms. The molecular formula is C11H19NO2. The fraction of sp³-hybridized carbons (Fsp3) is 0.909. The van der Waals surface area contributed by atoms with Crippen LogP contribution in [0.1, 0.15) is 32.6 Å². The van der Waals surface area contributed by atoms with Crippen molar-refractivity contribution in [3.8, 4) is 0 Å². The van der Waals surface area contributed by atoms with Gasteiger partial charge in [-0.1, -0.05) is 6.92 Å². The van der Waals surface area contributed by atoms with Gasteiger partial charge in [-0.05, 0) is 25.8 Å². The molecule has 0 radical (unpaired) electrons. The smallest absolute Gasteiger partial charge is 0.167 e. The molecule has 0 aromatic rings. The van der Waals surface area contributed by atoms with Crippen LogP contribution >= 0.6 is 0 Å². The Morgan fingerprint density at radius 1 is 1.43 bits per heavy atom. The summed E-state index contributed by atoms with van der Waals surface area (Å²) >= 11 is 0. The summed E-state index contributed by atoms with van der Waals surface area (Å²) in [6.45, 7) is 6.05. The van der Waals surface area contributed by atoms with Crippen LogP contribution in [0.3, 0.4) is 0 Å². The average Bonchev–Trinajstić information content (AvgIpc) is 2.53. The molecule has 3 heteroatoms. The number of nitrogens with zero attached hydrogens (tertiary/aromatic N) is 1. The Labute approximate surface area is 85.4 Å². The van der Waals surface area contributed by atoms with Crippen LogP contribution in [-0.2, 0) is 9.53 Å². The lowest BCUT2D eigenvalue weighted by atomic mass is 9.87. The summed E-state index contributed by atoms with van der Waals surface area (Å²) < 4.78 is 5.64. The number of ether oxygens (including phenoxy) is 1. The Balaban J connectivity index is 1.91. The number of hydrogen-bond acceptors (Lipinski definition) is 3. The maximum Gasteiger partial charge on any atom is 0.167 e. The van der Waals surface area contributed by atoms with Gasteiger partial charge in [0.15, 0.2) is 5.78 Å². The molecule has 2 heterocycles. The number of Topliss-reactive ketones (excluding diaryl/α,β-unsaturated/α-hetero) is 1. The normalized spacial score (nSPS) is 27.4. The monoisotopic (exact) mass is 197 g/mol. The zero-order valence-corrected chi connectivity index (χ0v) is 8.92. The molecule has 14 heavy (non-hydrogen) atoms. The zero-order valence-electron chi connectivity index (χ0n) is 8.92. The molecule has 0 N–H and O–H groups in total. The van der Waals surface area contributed by atoms with E-state index in [4.69, 9.17) is 4.74 Å². The summed E-state index contributed by atoms with van der Waals surface area (Å²) in [5.41, 5.74) is -0.371. The van der Waals surface area contributed by atoms with Crippen LogP contribution in [0.5, 0.6) is 0 Å². The number of piperidine rings is 1. The minimum Gasteiger partial charge on any atom is -0.367 e. The Bertz CT molecular complexity index is 219. The second-order valence-corrected chi connectivity index (χ2v) is 4.36. The van der Waals surface area contributed by atoms with Gasteiger partial charge in [-0.3, -0.25) is 4.79 Å². The average molecular weight is 197 g/mol. The highest BCUT2D eigenvalue weighted by molar-refractivity contribution is 5.89. The third kappa shape index (κ3) is 1.71. The molecular weight excluding hydrogens is 178 g/mol. The lowest BCUT2D eigenvalue weighted by Gasteiger charge is -2.37. The Hall–Kier alpha value is -0.410. The summed E-state index contributed by atoms with van der Waals surface area (Å²) in [6.07, 6.45) is 3.65. The minimum atomic E-state index is -0.371. The molecule has 2 aliphatic heterocycles. The van der Waals surface area contributed by atoms with Crippen molar-refractivity contribution in [3.05, 3.63) is 0 Å². The molecule has 2 fully saturated rings. The Morgan fingerprint density at radius 2 is 2.14 bits per heavy atom. The van der Waals surface area contributed by atoms with Gasteiger partial charge in [0.1, 0.15) is 5.60 Å². The molecule has 0 bridgehead atoms. The van der Waals surface area contributed by atoms with Crippen molar-refractivity contribution >= 4 is 5.78 Å². The standard InChI is InChI=1S/C11H19NO2/c1-2-6-12-7-4-11(5-8-12)10(13)3-9-14-11/h2-9H2,1H3. The quantitative estimate of drug-likeness (QED) is 0.666. The van der Waals surface area contributed by atoms with Gasteiger partial charge < -0.3 is 9.64 Å². The minimum absolute atomic E-state index is 0.341. The van der Waals surface area contributed by atoms with E-state index in [1.165, 1.54) is 6.42 Å². The fourth-order valence-electron chi connectivity index (χ4n) is 2.52. The summed E-state index contributed by atoms with van der Waals surface area (Å²) in [5.74, 6) is 0.341. The van der Waals surface area contributed by atoms with E-state index < -0.39 is 0 Å². The van der Waals surface area contributed by atoms with Crippen LogP contribution in [0, 0.1) is 0 Å². The van der Waals surface area contributed by atoms with Crippen molar-refractivity contribution in [2.75, 3.05) is 26.2 Å². The number of hydrogen-bond donors (Lipinski definition) is 0. The van der Waals surface area contributed by atoms with Crippen LogP contribution in [0.25, 0.3) is 0 Å². The molecule has 80 valence electrons. The van der Waals surface area contributed by atoms with E-state index in [-0.39, 0.29) is 5.60 Å². The van der Waals surface area contributed by atoms with Gasteiger partial charge in [0, 0.05) is 19.5 Å². The SMILES string of the molecule is CCCN1CCC2(CC1)OCCC2=O. The van der Waals surface area contributed by atoms with Crippen LogP contribution in [-0.4, -0.2) is 42.5 Å². The molecule has 0 amide bonds. The summed E-state index contributed by atoms with van der Waals surface area (Å²) in [5, 5.41) is 0. The molecule has 2 aliphatic rings. The first-order valence-corrected chi connectivity index (χ1v) is 5.66. The summed E-state index contributed by atoms with van der Waals surface area (Å²) in [4.78, 5) is 14.1. The van der Waals surface area contributed by atoms with E-state index in [2.05, 4.69) is 11.8 Å². The molecule has 0 atom stereocenters. The van der Waals surface area contributed by atoms with Gasteiger partial charge >= 0.3 is 0 Å². The van der Waals surface area contributed by atoms with E-state index in [0.717, 1.165) is 32.5 Å². The zero-order chi connectivity index (χ0) is 10.0. The first-order valence-electron chi connectivity index (χ1n) is 5.66. The van der Waals surface area contributed by atoms with Crippen molar-refractivity contribution in [1.29, 1.82) is 0 Å². The van der Waals surface area contributed by atoms with E-state index in [1.807, 2.05) is 0 Å². The van der Waals surface area contributed by atoms with Crippen molar-refractivity contribution in [1.82, 2.24) is 4.90 Å². The third-order valence-electron chi connectivity index (χ3n) is 3.42. The van der Waals surface area contributed by atoms with Crippen LogP contribution < -0.4 is 0 Å². The van der Waals surface area contributed by atoms with Crippen molar-refractivity contribution in [3.63, 3.8) is 0 Å². The van der Waals surface area contributed by atoms with Crippen LogP contribution in [0.15, 0.2) is 0 Å². The highest BCUT2D eigenvalue weighted by atomic mass is 16.5. The molecule has 3 nitrogen and oxygen atoms in total. The molecule has 2 rings (SSSR count). The van der Waals surface area contributed by atoms with Gasteiger partial charge in [0.05, 0.1) is 6.61 Å². The van der Waals surface area contributed by atoms with E-state index in [0.29, 0.717) is 18.8 Å². The molecule has 0 aromatic carbocycles. The molecule has 0 aliphatic carbocycles. The van der Waals surface area contributed by atoms with Crippen molar-refractivity contribution < 1.29 is 9.53 Å². The van der Waals surface area contributed by atoms with Crippen LogP contribution in [0.2, 0.25) is 0 Å². The predicted octanol–water partition coefficient (Wildman–Crippen LogP) is 1.22. The summed E-state index contributed by atoms with van der Waals surface area (Å²) in [7, 11) is 0. The lowest BCUT2D eigenvalue weighted by molar-refractivity contribution is -0.136. The second-order valence-electron chi connectivity index (χ2n) is 4.36. The predicted molar refractivity (Wildman–Crippen MR) is 54.3 cm³/mol. The number of ketones is 1. The molecule has 2 saturated heterocycles. The molecule has 0 unspecified atom stereocenters. The first kappa shape index (κ1) is 10.1. The van der Waals surface area contributed by atoms with Crippen molar-refractivity contribution in [2.45, 2.75) is 38.2 Å². The van der Waals surface area contributed by atoms with Gasteiger partial charge in [-0.15, -0.1) is 0 Å². The van der Waals surface area contributed by atoms with Gasteiger partial charge in [-0.25, -0.2) is 0 Å². The molecule has 0 aromatic heterocycles. The maximum absolute atomic E-state index is 11.7. The fourth-order valence-corrected chi connectivity index (χ4v) is 2.52. The maximum atomic E-state index is 11.7. The topological polar surface area (TPSA) is 29.5 Å². The van der Waals surface area contributed by atoms with E-state index in [9.17, 15) is 4.79 Å². The van der Waals surface area contributed by atoms with Crippen LogP contribution in [0.4, 0.5) is 0 Å². The molecule has 0 saturated carbocycles. The lowest BCUT2D eigenvalue weighted by Crippen LogP contribution is -2.48. The number of carbonyl (C=O) groups excluding carboxylic acids is 1. The first-order chi connectivity index (χ1) is 6.77. The van der Waals surface area contributed by atoms with E-state index >= 15 is 0 Å². The van der Waals surface area contributed by atoms with Gasteiger partial charge in [0.25, 0.3) is 0 Å². The third-order valence-corrected chi connectivity index (χ3v) is 3.42. The number of likely N-dealkylation sites (tertiary alicyclic amines) is 1. The van der Waals surface area contributed by atoms with Gasteiger partial charge in [0.2, 0.25) is 0 Å². The highest BCUT2D eigenvalue weighted by Crippen LogP contribution is 2.32. The number of rotatable bonds is 2. The van der Waals surface area contributed by atoms with Crippen molar-refractivity contribution in [2.24, 2.45) is 0 Å².